The van der Waals surface area contributed by atoms with E-state index in [1.165, 1.54) is 5.56 Å². The van der Waals surface area contributed by atoms with Crippen molar-refractivity contribution in [1.29, 1.82) is 0 Å². The van der Waals surface area contributed by atoms with Crippen molar-refractivity contribution in [2.75, 3.05) is 13.1 Å². The maximum atomic E-state index is 4.23. The van der Waals surface area contributed by atoms with E-state index in [1.807, 2.05) is 6.33 Å². The largest absolute Gasteiger partial charge is 0.315 e. The molecular formula is C16H23N5. The molecule has 0 bridgehead atoms. The van der Waals surface area contributed by atoms with Gasteiger partial charge in [0.1, 0.15) is 12.2 Å². The van der Waals surface area contributed by atoms with Crippen LogP contribution in [-0.4, -0.2) is 38.8 Å². The van der Waals surface area contributed by atoms with Gasteiger partial charge in [-0.1, -0.05) is 44.2 Å². The van der Waals surface area contributed by atoms with E-state index < -0.39 is 0 Å². The van der Waals surface area contributed by atoms with Crippen molar-refractivity contribution in [2.24, 2.45) is 0 Å². The fourth-order valence-corrected chi connectivity index (χ4v) is 2.83. The Morgan fingerprint density at radius 1 is 1.19 bits per heavy atom. The van der Waals surface area contributed by atoms with Crippen molar-refractivity contribution < 1.29 is 0 Å². The third-order valence-electron chi connectivity index (χ3n) is 4.01. The molecule has 2 aromatic rings. The molecule has 1 aliphatic rings. The van der Waals surface area contributed by atoms with Gasteiger partial charge in [0, 0.05) is 31.7 Å². The van der Waals surface area contributed by atoms with E-state index in [-0.39, 0.29) is 0 Å². The predicted octanol–water partition coefficient (Wildman–Crippen LogP) is 1.83. The van der Waals surface area contributed by atoms with Crippen LogP contribution >= 0.6 is 0 Å². The lowest BCUT2D eigenvalue weighted by atomic mass is 10.0. The van der Waals surface area contributed by atoms with Crippen molar-refractivity contribution in [3.05, 3.63) is 48.0 Å². The molecule has 1 aromatic heterocycles. The number of hydrogen-bond donors (Lipinski definition) is 1. The van der Waals surface area contributed by atoms with E-state index in [4.69, 9.17) is 0 Å². The second-order valence-corrected chi connectivity index (χ2v) is 5.90. The summed E-state index contributed by atoms with van der Waals surface area (Å²) in [4.78, 5) is 2.49. The zero-order valence-corrected chi connectivity index (χ0v) is 12.7. The zero-order chi connectivity index (χ0) is 14.7. The molecule has 0 radical (unpaired) electrons. The first-order valence-electron chi connectivity index (χ1n) is 7.63. The molecule has 1 aromatic carbocycles. The molecule has 0 saturated heterocycles. The van der Waals surface area contributed by atoms with Crippen molar-refractivity contribution >= 4 is 0 Å². The quantitative estimate of drug-likeness (QED) is 0.910. The molecule has 0 aliphatic carbocycles. The minimum absolute atomic E-state index is 0.374. The van der Waals surface area contributed by atoms with E-state index in [0.29, 0.717) is 12.1 Å². The van der Waals surface area contributed by atoms with Crippen LogP contribution in [0.5, 0.6) is 0 Å². The van der Waals surface area contributed by atoms with Gasteiger partial charge in [0.05, 0.1) is 6.54 Å². The first-order valence-corrected chi connectivity index (χ1v) is 7.63. The van der Waals surface area contributed by atoms with Gasteiger partial charge in [0.25, 0.3) is 0 Å². The molecule has 1 N–H and O–H groups in total. The molecule has 0 saturated carbocycles. The van der Waals surface area contributed by atoms with Gasteiger partial charge in [-0.3, -0.25) is 4.90 Å². The van der Waals surface area contributed by atoms with Gasteiger partial charge in [0.15, 0.2) is 0 Å². The van der Waals surface area contributed by atoms with Gasteiger partial charge >= 0.3 is 0 Å². The van der Waals surface area contributed by atoms with Crippen LogP contribution in [0.3, 0.4) is 0 Å². The molecule has 1 atom stereocenters. The maximum absolute atomic E-state index is 4.23. The third-order valence-corrected chi connectivity index (χ3v) is 4.01. The summed E-state index contributed by atoms with van der Waals surface area (Å²) in [7, 11) is 0. The summed E-state index contributed by atoms with van der Waals surface area (Å²) in [5, 5.41) is 11.8. The Kier molecular flexibility index (Phi) is 4.31. The molecule has 5 nitrogen and oxygen atoms in total. The van der Waals surface area contributed by atoms with Gasteiger partial charge < -0.3 is 9.88 Å². The number of hydrogen-bond acceptors (Lipinski definition) is 4. The number of nitrogens with zero attached hydrogens (tertiary/aromatic N) is 4. The molecule has 3 rings (SSSR count). The van der Waals surface area contributed by atoms with Crippen molar-refractivity contribution in [3.8, 4) is 0 Å². The monoisotopic (exact) mass is 285 g/mol. The van der Waals surface area contributed by atoms with Crippen LogP contribution in [0.25, 0.3) is 0 Å². The van der Waals surface area contributed by atoms with Crippen LogP contribution in [0.15, 0.2) is 36.7 Å². The SMILES string of the molecule is CC(C)NCC(c1ccccc1)N1CCn2cnnc2C1. The highest BCUT2D eigenvalue weighted by Crippen LogP contribution is 2.24. The first kappa shape index (κ1) is 14.2. The van der Waals surface area contributed by atoms with Crippen LogP contribution in [0, 0.1) is 0 Å². The molecule has 0 spiro atoms. The average molecular weight is 285 g/mol. The van der Waals surface area contributed by atoms with Crippen molar-refractivity contribution in [1.82, 2.24) is 25.0 Å². The van der Waals surface area contributed by atoms with Crippen LogP contribution in [0.4, 0.5) is 0 Å². The first-order chi connectivity index (χ1) is 10.2. The highest BCUT2D eigenvalue weighted by atomic mass is 15.3. The maximum Gasteiger partial charge on any atom is 0.147 e. The minimum Gasteiger partial charge on any atom is -0.315 e. The van der Waals surface area contributed by atoms with E-state index >= 15 is 0 Å². The lowest BCUT2D eigenvalue weighted by Crippen LogP contribution is -2.42. The molecule has 112 valence electrons. The van der Waals surface area contributed by atoms with E-state index in [2.05, 4.69) is 69.2 Å². The fraction of sp³-hybridized carbons (Fsp3) is 0.500. The highest BCUT2D eigenvalue weighted by Gasteiger charge is 2.25. The van der Waals surface area contributed by atoms with E-state index in [0.717, 1.165) is 32.0 Å². The van der Waals surface area contributed by atoms with Gasteiger partial charge in [-0.15, -0.1) is 10.2 Å². The molecule has 1 unspecified atom stereocenters. The number of nitrogens with one attached hydrogen (secondary N) is 1. The average Bonchev–Trinajstić information content (AvgIpc) is 2.96. The molecule has 5 heteroatoms. The van der Waals surface area contributed by atoms with Gasteiger partial charge in [-0.25, -0.2) is 0 Å². The highest BCUT2D eigenvalue weighted by molar-refractivity contribution is 5.20. The smallest absolute Gasteiger partial charge is 0.147 e. The van der Waals surface area contributed by atoms with Crippen LogP contribution in [0.1, 0.15) is 31.3 Å². The lowest BCUT2D eigenvalue weighted by Gasteiger charge is -2.35. The molecule has 1 aliphatic heterocycles. The Labute approximate surface area is 126 Å². The number of rotatable bonds is 5. The topological polar surface area (TPSA) is 46.0 Å². The number of benzene rings is 1. The van der Waals surface area contributed by atoms with Gasteiger partial charge in [-0.05, 0) is 5.56 Å². The Morgan fingerprint density at radius 3 is 2.76 bits per heavy atom. The molecule has 2 heterocycles. The van der Waals surface area contributed by atoms with Crippen molar-refractivity contribution in [3.63, 3.8) is 0 Å². The Morgan fingerprint density at radius 2 is 2.00 bits per heavy atom. The number of fused-ring (bicyclic) bond motifs is 1. The Bertz CT molecular complexity index is 563. The van der Waals surface area contributed by atoms with Crippen LogP contribution in [0.2, 0.25) is 0 Å². The van der Waals surface area contributed by atoms with E-state index in [9.17, 15) is 0 Å². The van der Waals surface area contributed by atoms with Crippen molar-refractivity contribution in [2.45, 2.75) is 39.0 Å². The summed E-state index contributed by atoms with van der Waals surface area (Å²) < 4.78 is 2.15. The van der Waals surface area contributed by atoms with Gasteiger partial charge in [-0.2, -0.15) is 0 Å². The third kappa shape index (κ3) is 3.31. The van der Waals surface area contributed by atoms with Crippen LogP contribution < -0.4 is 5.32 Å². The van der Waals surface area contributed by atoms with Crippen LogP contribution in [-0.2, 0) is 13.1 Å². The molecule has 21 heavy (non-hydrogen) atoms. The lowest BCUT2D eigenvalue weighted by molar-refractivity contribution is 0.147. The predicted molar refractivity (Wildman–Crippen MR) is 82.8 cm³/mol. The van der Waals surface area contributed by atoms with Gasteiger partial charge in [0.2, 0.25) is 0 Å². The molecular weight excluding hydrogens is 262 g/mol. The number of aromatic nitrogens is 3. The minimum atomic E-state index is 0.374. The second-order valence-electron chi connectivity index (χ2n) is 5.90. The Hall–Kier alpha value is -1.72. The summed E-state index contributed by atoms with van der Waals surface area (Å²) in [6.07, 6.45) is 1.83. The summed E-state index contributed by atoms with van der Waals surface area (Å²) in [6.45, 7) is 8.19. The molecule has 0 fully saturated rings. The summed E-state index contributed by atoms with van der Waals surface area (Å²) in [5.74, 6) is 1.06. The second kappa shape index (κ2) is 6.37. The van der Waals surface area contributed by atoms with E-state index in [1.54, 1.807) is 0 Å². The normalized spacial score (nSPS) is 16.9. The summed E-state index contributed by atoms with van der Waals surface area (Å²) >= 11 is 0. The molecule has 0 amide bonds. The standard InChI is InChI=1S/C16H23N5/c1-13(2)17-10-15(14-6-4-3-5-7-14)20-8-9-21-12-18-19-16(21)11-20/h3-7,12-13,15,17H,8-11H2,1-2H3. The summed E-state index contributed by atoms with van der Waals surface area (Å²) in [6, 6.07) is 11.6. The Balaban J connectivity index is 1.79. The summed E-state index contributed by atoms with van der Waals surface area (Å²) in [5.41, 5.74) is 1.36. The fourth-order valence-electron chi connectivity index (χ4n) is 2.83. The zero-order valence-electron chi connectivity index (χ0n) is 12.7.